The smallest absolute Gasteiger partial charge is 0.198 e. The quantitative estimate of drug-likeness (QED) is 0.587. The van der Waals surface area contributed by atoms with Crippen LogP contribution in [0.5, 0.6) is 0 Å². The largest absolute Gasteiger partial charge is 0.332 e. The lowest BCUT2D eigenvalue weighted by Gasteiger charge is -2.22. The number of aromatic amines is 1. The highest BCUT2D eigenvalue weighted by Gasteiger charge is 2.32. The van der Waals surface area contributed by atoms with Crippen molar-refractivity contribution < 1.29 is 21.6 Å². The van der Waals surface area contributed by atoms with Crippen LogP contribution in [0.3, 0.4) is 0 Å². The molecule has 5 nitrogen and oxygen atoms in total. The zero-order valence-corrected chi connectivity index (χ0v) is 17.8. The fourth-order valence-corrected chi connectivity index (χ4v) is 5.64. The third-order valence-corrected chi connectivity index (χ3v) is 7.89. The summed E-state index contributed by atoms with van der Waals surface area (Å²) < 4.78 is 67.2. The van der Waals surface area contributed by atoms with Crippen molar-refractivity contribution in [2.45, 2.75) is 29.0 Å². The number of rotatable bonds is 5. The number of aromatic nitrogens is 2. The molecule has 1 aromatic heterocycles. The molecule has 2 N–H and O–H groups in total. The van der Waals surface area contributed by atoms with Gasteiger partial charge in [-0.3, -0.25) is 0 Å². The van der Waals surface area contributed by atoms with E-state index in [2.05, 4.69) is 15.3 Å². The fraction of sp³-hybridized carbons (Fsp3) is 0.286. The number of hydrogen-bond acceptors (Lipinski definition) is 4. The molecule has 10 heteroatoms. The Balaban J connectivity index is 1.79. The number of sulfone groups is 1. The number of H-pyrrole nitrogens is 1. The maximum absolute atomic E-state index is 14.0. The van der Waals surface area contributed by atoms with Crippen molar-refractivity contribution in [1.82, 2.24) is 15.3 Å². The van der Waals surface area contributed by atoms with Gasteiger partial charge in [-0.1, -0.05) is 23.7 Å². The van der Waals surface area contributed by atoms with Crippen molar-refractivity contribution in [3.05, 3.63) is 82.0 Å². The average molecular weight is 470 g/mol. The van der Waals surface area contributed by atoms with Crippen molar-refractivity contribution in [2.24, 2.45) is 0 Å². The second-order valence-corrected chi connectivity index (χ2v) is 10.0. The summed E-state index contributed by atoms with van der Waals surface area (Å²) >= 11 is 5.93. The molecule has 0 amide bonds. The van der Waals surface area contributed by atoms with Crippen LogP contribution < -0.4 is 5.32 Å². The average Bonchev–Trinajstić information content (AvgIpc) is 3.24. The van der Waals surface area contributed by atoms with Crippen molar-refractivity contribution in [2.75, 3.05) is 13.1 Å². The van der Waals surface area contributed by atoms with Crippen LogP contribution in [-0.4, -0.2) is 36.7 Å². The number of hydrogen-bond donors (Lipinski definition) is 2. The van der Waals surface area contributed by atoms with Crippen LogP contribution in [0.4, 0.5) is 13.2 Å². The third kappa shape index (κ3) is 4.35. The highest BCUT2D eigenvalue weighted by Crippen LogP contribution is 2.34. The Morgan fingerprint density at radius 2 is 1.61 bits per heavy atom. The molecule has 1 atom stereocenters. The Hall–Kier alpha value is -2.36. The van der Waals surface area contributed by atoms with Gasteiger partial charge in [-0.05, 0) is 61.3 Å². The van der Waals surface area contributed by atoms with Crippen LogP contribution in [0.1, 0.15) is 35.7 Å². The molecule has 4 rings (SSSR count). The molecule has 0 spiro atoms. The van der Waals surface area contributed by atoms with Gasteiger partial charge in [0.05, 0.1) is 22.4 Å². The Morgan fingerprint density at radius 3 is 2.26 bits per heavy atom. The number of benzene rings is 2. The van der Waals surface area contributed by atoms with Gasteiger partial charge in [0.2, 0.25) is 0 Å². The fourth-order valence-electron chi connectivity index (χ4n) is 3.79. The Morgan fingerprint density at radius 1 is 0.968 bits per heavy atom. The molecule has 0 bridgehead atoms. The molecule has 164 valence electrons. The van der Waals surface area contributed by atoms with Crippen molar-refractivity contribution in [3.63, 3.8) is 0 Å². The zero-order valence-electron chi connectivity index (χ0n) is 16.2. The monoisotopic (exact) mass is 469 g/mol. The van der Waals surface area contributed by atoms with E-state index >= 15 is 0 Å². The van der Waals surface area contributed by atoms with E-state index in [0.29, 0.717) is 37.1 Å². The number of halogens is 4. The van der Waals surface area contributed by atoms with Gasteiger partial charge in [0.25, 0.3) is 0 Å². The number of piperidine rings is 1. The number of imidazole rings is 1. The van der Waals surface area contributed by atoms with Gasteiger partial charge in [0.15, 0.2) is 26.5 Å². The van der Waals surface area contributed by atoms with Gasteiger partial charge in [-0.15, -0.1) is 0 Å². The molecule has 2 aromatic carbocycles. The first-order valence-electron chi connectivity index (χ1n) is 9.67. The molecule has 0 radical (unpaired) electrons. The minimum atomic E-state index is -3.65. The summed E-state index contributed by atoms with van der Waals surface area (Å²) in [6.45, 7) is 1.22. The summed E-state index contributed by atoms with van der Waals surface area (Å²) in [4.78, 5) is 7.07. The van der Waals surface area contributed by atoms with Gasteiger partial charge >= 0.3 is 0 Å². The maximum Gasteiger partial charge on any atom is 0.198 e. The van der Waals surface area contributed by atoms with Crippen LogP contribution in [0.15, 0.2) is 47.6 Å². The zero-order chi connectivity index (χ0) is 22.2. The van der Waals surface area contributed by atoms with Crippen LogP contribution in [0.2, 0.25) is 5.02 Å². The van der Waals surface area contributed by atoms with Crippen LogP contribution in [-0.2, 0) is 9.84 Å². The van der Waals surface area contributed by atoms with E-state index in [-0.39, 0.29) is 15.9 Å². The van der Waals surface area contributed by atoms with Crippen LogP contribution in [0.25, 0.3) is 0 Å². The van der Waals surface area contributed by atoms with Crippen molar-refractivity contribution in [3.8, 4) is 0 Å². The van der Waals surface area contributed by atoms with Crippen molar-refractivity contribution >= 4 is 21.4 Å². The Labute approximate surface area is 182 Å². The minimum Gasteiger partial charge on any atom is -0.332 e. The SMILES string of the molecule is O=S(=O)(c1cnc(C(c2ccc(F)c(F)c2)c2ccc(F)c(Cl)c2)[nH]1)C1CCNCC1. The molecule has 1 aliphatic heterocycles. The Kier molecular flexibility index (Phi) is 6.09. The van der Waals surface area contributed by atoms with Gasteiger partial charge in [0, 0.05) is 0 Å². The van der Waals surface area contributed by atoms with Gasteiger partial charge in [-0.2, -0.15) is 0 Å². The maximum atomic E-state index is 14.0. The number of nitrogens with one attached hydrogen (secondary N) is 2. The minimum absolute atomic E-state index is 0.0461. The molecule has 1 fully saturated rings. The standard InChI is InChI=1S/C21H19ClF3N3O2S/c22-15-9-12(1-3-16(15)23)20(13-2-4-17(24)18(25)10-13)21-27-11-19(28-21)31(29,30)14-5-7-26-8-6-14/h1-4,9-11,14,20,26H,5-8H2,(H,27,28). The summed E-state index contributed by atoms with van der Waals surface area (Å²) in [5.41, 5.74) is 0.749. The molecule has 1 saturated heterocycles. The number of nitrogens with zero attached hydrogens (tertiary/aromatic N) is 1. The molecular weight excluding hydrogens is 451 g/mol. The molecule has 2 heterocycles. The molecule has 0 aliphatic carbocycles. The van der Waals surface area contributed by atoms with Crippen molar-refractivity contribution in [1.29, 1.82) is 0 Å². The van der Waals surface area contributed by atoms with E-state index in [4.69, 9.17) is 11.6 Å². The summed E-state index contributed by atoms with van der Waals surface area (Å²) in [7, 11) is -3.65. The van der Waals surface area contributed by atoms with Gasteiger partial charge in [-0.25, -0.2) is 26.6 Å². The highest BCUT2D eigenvalue weighted by atomic mass is 35.5. The lowest BCUT2D eigenvalue weighted by molar-refractivity contribution is 0.495. The van der Waals surface area contributed by atoms with E-state index in [1.807, 2.05) is 0 Å². The van der Waals surface area contributed by atoms with E-state index in [0.717, 1.165) is 18.2 Å². The summed E-state index contributed by atoms with van der Waals surface area (Å²) in [6.07, 6.45) is 2.19. The first-order valence-corrected chi connectivity index (χ1v) is 11.6. The van der Waals surface area contributed by atoms with E-state index < -0.39 is 38.5 Å². The summed E-state index contributed by atoms with van der Waals surface area (Å²) in [5.74, 6) is -3.34. The summed E-state index contributed by atoms with van der Waals surface area (Å²) in [6, 6.07) is 7.28. The molecule has 1 unspecified atom stereocenters. The lowest BCUT2D eigenvalue weighted by Crippen LogP contribution is -2.35. The molecule has 31 heavy (non-hydrogen) atoms. The van der Waals surface area contributed by atoms with Crippen LogP contribution in [0, 0.1) is 17.5 Å². The molecule has 1 aliphatic rings. The first-order chi connectivity index (χ1) is 14.8. The second-order valence-electron chi connectivity index (χ2n) is 7.41. The summed E-state index contributed by atoms with van der Waals surface area (Å²) in [5, 5.41) is 2.39. The lowest BCUT2D eigenvalue weighted by atomic mass is 9.90. The molecule has 0 saturated carbocycles. The van der Waals surface area contributed by atoms with E-state index in [1.54, 1.807) is 0 Å². The first kappa shape index (κ1) is 21.9. The van der Waals surface area contributed by atoms with Gasteiger partial charge < -0.3 is 10.3 Å². The van der Waals surface area contributed by atoms with E-state index in [9.17, 15) is 21.6 Å². The van der Waals surface area contributed by atoms with E-state index in [1.165, 1.54) is 24.4 Å². The van der Waals surface area contributed by atoms with Gasteiger partial charge in [0.1, 0.15) is 11.6 Å². The third-order valence-electron chi connectivity index (χ3n) is 5.43. The Bertz CT molecular complexity index is 1160. The van der Waals surface area contributed by atoms with Crippen LogP contribution >= 0.6 is 11.6 Å². The normalized spacial score (nSPS) is 16.4. The predicted molar refractivity (Wildman–Crippen MR) is 110 cm³/mol. The predicted octanol–water partition coefficient (Wildman–Crippen LogP) is 4.19. The molecular formula is C21H19ClF3N3O2S. The molecule has 3 aromatic rings. The highest BCUT2D eigenvalue weighted by molar-refractivity contribution is 7.92. The topological polar surface area (TPSA) is 74.8 Å². The second kappa shape index (κ2) is 8.64.